The number of pyridine rings is 1. The predicted octanol–water partition coefficient (Wildman–Crippen LogP) is 3.87. The molecule has 0 atom stereocenters. The Kier molecular flexibility index (Phi) is 4.39. The van der Waals surface area contributed by atoms with Gasteiger partial charge in [0, 0.05) is 23.6 Å². The van der Waals surface area contributed by atoms with Crippen LogP contribution in [-0.4, -0.2) is 14.5 Å². The van der Waals surface area contributed by atoms with Gasteiger partial charge in [-0.25, -0.2) is 4.98 Å². The van der Waals surface area contributed by atoms with Crippen molar-refractivity contribution in [3.63, 3.8) is 0 Å². The molecule has 0 aliphatic heterocycles. The summed E-state index contributed by atoms with van der Waals surface area (Å²) < 4.78 is 7.74. The van der Waals surface area contributed by atoms with Crippen LogP contribution < -0.4 is 4.74 Å². The lowest BCUT2D eigenvalue weighted by atomic mass is 10.1. The third kappa shape index (κ3) is 3.46. The number of rotatable bonds is 5. The standard InChI is InChI=1S/C17H16ClN3O/c1-13-20-7-8-21(13)11-15-5-4-14(9-17(15)18)12-22-16-3-2-6-19-10-16/h2-10H,11-12H2,1H3. The monoisotopic (exact) mass is 313 g/mol. The Bertz CT molecular complexity index is 756. The van der Waals surface area contributed by atoms with Gasteiger partial charge in [-0.1, -0.05) is 23.7 Å². The van der Waals surface area contributed by atoms with E-state index in [1.807, 2.05) is 43.5 Å². The van der Waals surface area contributed by atoms with Crippen LogP contribution in [0.4, 0.5) is 0 Å². The lowest BCUT2D eigenvalue weighted by Gasteiger charge is -2.10. The first-order chi connectivity index (χ1) is 10.7. The number of hydrogen-bond donors (Lipinski definition) is 0. The van der Waals surface area contributed by atoms with Crippen LogP contribution in [0.1, 0.15) is 17.0 Å². The molecule has 2 aromatic heterocycles. The summed E-state index contributed by atoms with van der Waals surface area (Å²) in [5, 5.41) is 0.736. The summed E-state index contributed by atoms with van der Waals surface area (Å²) in [6.45, 7) is 3.16. The van der Waals surface area contributed by atoms with Crippen LogP contribution in [0, 0.1) is 6.92 Å². The summed E-state index contributed by atoms with van der Waals surface area (Å²) in [6, 6.07) is 9.73. The van der Waals surface area contributed by atoms with E-state index in [1.165, 1.54) is 0 Å². The van der Waals surface area contributed by atoms with Gasteiger partial charge >= 0.3 is 0 Å². The zero-order valence-corrected chi connectivity index (χ0v) is 13.0. The van der Waals surface area contributed by atoms with Gasteiger partial charge in [0.05, 0.1) is 12.7 Å². The van der Waals surface area contributed by atoms with Crippen LogP contribution in [0.15, 0.2) is 55.1 Å². The van der Waals surface area contributed by atoms with E-state index in [1.54, 1.807) is 18.6 Å². The first kappa shape index (κ1) is 14.6. The van der Waals surface area contributed by atoms with Gasteiger partial charge in [-0.2, -0.15) is 0 Å². The van der Waals surface area contributed by atoms with Gasteiger partial charge in [0.15, 0.2) is 0 Å². The smallest absolute Gasteiger partial charge is 0.138 e. The van der Waals surface area contributed by atoms with Crippen molar-refractivity contribution in [2.75, 3.05) is 0 Å². The van der Waals surface area contributed by atoms with Gasteiger partial charge in [0.25, 0.3) is 0 Å². The Hall–Kier alpha value is -2.33. The molecule has 5 heteroatoms. The van der Waals surface area contributed by atoms with Crippen molar-refractivity contribution in [3.8, 4) is 5.75 Å². The SMILES string of the molecule is Cc1nccn1Cc1ccc(COc2cccnc2)cc1Cl. The zero-order chi connectivity index (χ0) is 15.4. The maximum absolute atomic E-state index is 6.38. The Labute approximate surface area is 134 Å². The average Bonchev–Trinajstić information content (AvgIpc) is 2.94. The molecule has 112 valence electrons. The molecule has 0 aliphatic carbocycles. The molecule has 0 spiro atoms. The van der Waals surface area contributed by atoms with Crippen molar-refractivity contribution < 1.29 is 4.74 Å². The van der Waals surface area contributed by atoms with E-state index in [9.17, 15) is 0 Å². The molecule has 0 saturated heterocycles. The number of nitrogens with zero attached hydrogens (tertiary/aromatic N) is 3. The number of imidazole rings is 1. The first-order valence-corrected chi connectivity index (χ1v) is 7.38. The van der Waals surface area contributed by atoms with E-state index >= 15 is 0 Å². The van der Waals surface area contributed by atoms with Crippen molar-refractivity contribution in [1.82, 2.24) is 14.5 Å². The van der Waals surface area contributed by atoms with Crippen LogP contribution in [0.3, 0.4) is 0 Å². The number of benzene rings is 1. The van der Waals surface area contributed by atoms with Gasteiger partial charge in [0.1, 0.15) is 18.2 Å². The van der Waals surface area contributed by atoms with Gasteiger partial charge in [-0.15, -0.1) is 0 Å². The van der Waals surface area contributed by atoms with Crippen molar-refractivity contribution in [2.24, 2.45) is 0 Å². The summed E-state index contributed by atoms with van der Waals surface area (Å²) in [6.07, 6.45) is 7.15. The van der Waals surface area contributed by atoms with E-state index in [0.29, 0.717) is 13.2 Å². The van der Waals surface area contributed by atoms with Crippen molar-refractivity contribution in [3.05, 3.63) is 77.1 Å². The summed E-state index contributed by atoms with van der Waals surface area (Å²) in [7, 11) is 0. The lowest BCUT2D eigenvalue weighted by Crippen LogP contribution is -2.02. The van der Waals surface area contributed by atoms with Crippen LogP contribution >= 0.6 is 11.6 Å². The molecule has 0 fully saturated rings. The molecule has 0 amide bonds. The molecule has 22 heavy (non-hydrogen) atoms. The van der Waals surface area contributed by atoms with E-state index in [0.717, 1.165) is 27.7 Å². The predicted molar refractivity (Wildman–Crippen MR) is 86.1 cm³/mol. The van der Waals surface area contributed by atoms with Crippen LogP contribution in [0.25, 0.3) is 0 Å². The fraction of sp³-hybridized carbons (Fsp3) is 0.176. The molecular weight excluding hydrogens is 298 g/mol. The highest BCUT2D eigenvalue weighted by atomic mass is 35.5. The maximum Gasteiger partial charge on any atom is 0.138 e. The molecule has 0 N–H and O–H groups in total. The van der Waals surface area contributed by atoms with Gasteiger partial charge in [0.2, 0.25) is 0 Å². The Morgan fingerprint density at radius 1 is 1.23 bits per heavy atom. The molecular formula is C17H16ClN3O. The van der Waals surface area contributed by atoms with Crippen molar-refractivity contribution >= 4 is 11.6 Å². The maximum atomic E-state index is 6.38. The number of aryl methyl sites for hydroxylation is 1. The van der Waals surface area contributed by atoms with E-state index in [4.69, 9.17) is 16.3 Å². The second kappa shape index (κ2) is 6.62. The number of aromatic nitrogens is 3. The number of hydrogen-bond acceptors (Lipinski definition) is 3. The Morgan fingerprint density at radius 2 is 2.14 bits per heavy atom. The number of halogens is 1. The zero-order valence-electron chi connectivity index (χ0n) is 12.2. The highest BCUT2D eigenvalue weighted by Crippen LogP contribution is 2.20. The number of ether oxygens (including phenoxy) is 1. The summed E-state index contributed by atoms with van der Waals surface area (Å²) in [5.74, 6) is 1.72. The fourth-order valence-corrected chi connectivity index (χ4v) is 2.43. The molecule has 4 nitrogen and oxygen atoms in total. The molecule has 2 heterocycles. The summed E-state index contributed by atoms with van der Waals surface area (Å²) in [4.78, 5) is 8.24. The summed E-state index contributed by atoms with van der Waals surface area (Å²) in [5.41, 5.74) is 2.09. The minimum Gasteiger partial charge on any atom is -0.487 e. The van der Waals surface area contributed by atoms with E-state index in [2.05, 4.69) is 14.5 Å². The Morgan fingerprint density at radius 3 is 2.82 bits per heavy atom. The molecule has 1 aromatic carbocycles. The second-order valence-corrected chi connectivity index (χ2v) is 5.41. The van der Waals surface area contributed by atoms with Crippen molar-refractivity contribution in [2.45, 2.75) is 20.1 Å². The van der Waals surface area contributed by atoms with Gasteiger partial charge in [-0.3, -0.25) is 4.98 Å². The normalized spacial score (nSPS) is 10.6. The lowest BCUT2D eigenvalue weighted by molar-refractivity contribution is 0.305. The van der Waals surface area contributed by atoms with Crippen LogP contribution in [0.2, 0.25) is 5.02 Å². The molecule has 0 bridgehead atoms. The molecule has 3 rings (SSSR count). The van der Waals surface area contributed by atoms with Gasteiger partial charge in [-0.05, 0) is 36.2 Å². The topological polar surface area (TPSA) is 39.9 Å². The Balaban J connectivity index is 1.68. The van der Waals surface area contributed by atoms with Crippen LogP contribution in [-0.2, 0) is 13.2 Å². The van der Waals surface area contributed by atoms with Gasteiger partial charge < -0.3 is 9.30 Å². The van der Waals surface area contributed by atoms with Crippen molar-refractivity contribution in [1.29, 1.82) is 0 Å². The summed E-state index contributed by atoms with van der Waals surface area (Å²) >= 11 is 6.38. The molecule has 0 aliphatic rings. The molecule has 0 unspecified atom stereocenters. The highest BCUT2D eigenvalue weighted by Gasteiger charge is 2.05. The van der Waals surface area contributed by atoms with E-state index in [-0.39, 0.29) is 0 Å². The average molecular weight is 314 g/mol. The molecule has 3 aromatic rings. The minimum absolute atomic E-state index is 0.468. The quantitative estimate of drug-likeness (QED) is 0.718. The highest BCUT2D eigenvalue weighted by molar-refractivity contribution is 6.31. The third-order valence-electron chi connectivity index (χ3n) is 3.42. The second-order valence-electron chi connectivity index (χ2n) is 5.01. The largest absolute Gasteiger partial charge is 0.487 e. The third-order valence-corrected chi connectivity index (χ3v) is 3.77. The minimum atomic E-state index is 0.468. The molecule has 0 radical (unpaired) electrons. The van der Waals surface area contributed by atoms with E-state index < -0.39 is 0 Å². The first-order valence-electron chi connectivity index (χ1n) is 7.00. The molecule has 0 saturated carbocycles. The van der Waals surface area contributed by atoms with Crippen LogP contribution in [0.5, 0.6) is 5.75 Å². The fourth-order valence-electron chi connectivity index (χ4n) is 2.16.